The number of hydrogen-bond acceptors (Lipinski definition) is 5. The summed E-state index contributed by atoms with van der Waals surface area (Å²) < 4.78 is 10.8. The Balaban J connectivity index is 1.97. The summed E-state index contributed by atoms with van der Waals surface area (Å²) >= 11 is 0. The molecule has 0 spiro atoms. The second-order valence-electron chi connectivity index (χ2n) is 6.86. The smallest absolute Gasteiger partial charge is 0.262 e. The van der Waals surface area contributed by atoms with Crippen molar-refractivity contribution in [2.75, 3.05) is 27.8 Å². The van der Waals surface area contributed by atoms with Crippen molar-refractivity contribution in [2.45, 2.75) is 19.4 Å². The van der Waals surface area contributed by atoms with Crippen molar-refractivity contribution in [3.63, 3.8) is 0 Å². The molecular formula is C22H25N3O4. The van der Waals surface area contributed by atoms with Gasteiger partial charge in [0, 0.05) is 32.0 Å². The Morgan fingerprint density at radius 3 is 2.48 bits per heavy atom. The Kier molecular flexibility index (Phi) is 6.16. The van der Waals surface area contributed by atoms with E-state index in [0.29, 0.717) is 17.9 Å². The molecule has 0 bridgehead atoms. The highest BCUT2D eigenvalue weighted by Gasteiger charge is 2.34. The summed E-state index contributed by atoms with van der Waals surface area (Å²) in [6.07, 6.45) is 0.544. The predicted octanol–water partition coefficient (Wildman–Crippen LogP) is 2.86. The molecule has 1 aliphatic heterocycles. The largest absolute Gasteiger partial charge is 0.497 e. The van der Waals surface area contributed by atoms with Crippen LogP contribution < -0.4 is 9.47 Å². The summed E-state index contributed by atoms with van der Waals surface area (Å²) in [7, 11) is 4.79. The maximum atomic E-state index is 12.9. The van der Waals surface area contributed by atoms with E-state index in [1.807, 2.05) is 42.5 Å². The van der Waals surface area contributed by atoms with Gasteiger partial charge in [0.2, 0.25) is 5.91 Å². The van der Waals surface area contributed by atoms with E-state index in [1.54, 1.807) is 27.3 Å². The zero-order chi connectivity index (χ0) is 21.0. The summed E-state index contributed by atoms with van der Waals surface area (Å²) in [6.45, 7) is 1.40. The number of hydrazone groups is 1. The summed E-state index contributed by atoms with van der Waals surface area (Å²) in [5.74, 6) is 0.902. The van der Waals surface area contributed by atoms with E-state index < -0.39 is 0 Å². The summed E-state index contributed by atoms with van der Waals surface area (Å²) in [6, 6.07) is 15.0. The Bertz CT molecular complexity index is 927. The standard InChI is InChI=1S/C22H25N3O4/c1-15(26)24(2)14-22(27)25-20(16-8-6-5-7-9-16)13-19(23-25)18-11-10-17(28-3)12-21(18)29-4/h5-12,20H,13-14H2,1-4H3/t20-/m0/s1. The molecule has 0 unspecified atom stereocenters. The van der Waals surface area contributed by atoms with Gasteiger partial charge in [-0.3, -0.25) is 9.59 Å². The van der Waals surface area contributed by atoms with Gasteiger partial charge in [0.25, 0.3) is 5.91 Å². The summed E-state index contributed by atoms with van der Waals surface area (Å²) in [5.41, 5.74) is 2.54. The number of carbonyl (C=O) groups is 2. The van der Waals surface area contributed by atoms with E-state index in [0.717, 1.165) is 16.8 Å². The first-order valence-corrected chi connectivity index (χ1v) is 9.33. The molecule has 152 valence electrons. The van der Waals surface area contributed by atoms with Crippen molar-refractivity contribution in [2.24, 2.45) is 5.10 Å². The third-order valence-corrected chi connectivity index (χ3v) is 4.98. The van der Waals surface area contributed by atoms with Crippen LogP contribution in [0, 0.1) is 0 Å². The molecule has 2 aromatic rings. The van der Waals surface area contributed by atoms with Gasteiger partial charge in [-0.1, -0.05) is 30.3 Å². The molecule has 2 aromatic carbocycles. The fourth-order valence-electron chi connectivity index (χ4n) is 3.26. The van der Waals surface area contributed by atoms with Gasteiger partial charge in [-0.2, -0.15) is 5.10 Å². The van der Waals surface area contributed by atoms with Gasteiger partial charge in [0.1, 0.15) is 18.0 Å². The van der Waals surface area contributed by atoms with Crippen LogP contribution in [0.3, 0.4) is 0 Å². The molecule has 1 heterocycles. The molecule has 29 heavy (non-hydrogen) atoms. The molecule has 0 N–H and O–H groups in total. The van der Waals surface area contributed by atoms with Crippen LogP contribution in [0.25, 0.3) is 0 Å². The molecule has 0 radical (unpaired) electrons. The van der Waals surface area contributed by atoms with Gasteiger partial charge >= 0.3 is 0 Å². The van der Waals surface area contributed by atoms with Crippen LogP contribution in [0.5, 0.6) is 11.5 Å². The number of ether oxygens (including phenoxy) is 2. The van der Waals surface area contributed by atoms with Crippen molar-refractivity contribution in [3.05, 3.63) is 59.7 Å². The lowest BCUT2D eigenvalue weighted by atomic mass is 9.98. The number of hydrogen-bond donors (Lipinski definition) is 0. The first-order valence-electron chi connectivity index (χ1n) is 9.33. The van der Waals surface area contributed by atoms with E-state index in [2.05, 4.69) is 5.10 Å². The quantitative estimate of drug-likeness (QED) is 0.754. The highest BCUT2D eigenvalue weighted by atomic mass is 16.5. The maximum absolute atomic E-state index is 12.9. The predicted molar refractivity (Wildman–Crippen MR) is 110 cm³/mol. The lowest BCUT2D eigenvalue weighted by molar-refractivity contribution is -0.139. The molecule has 7 heteroatoms. The molecule has 7 nitrogen and oxygen atoms in total. The van der Waals surface area contributed by atoms with E-state index in [-0.39, 0.29) is 24.4 Å². The Morgan fingerprint density at radius 2 is 1.86 bits per heavy atom. The minimum atomic E-state index is -0.245. The highest BCUT2D eigenvalue weighted by Crippen LogP contribution is 2.36. The second kappa shape index (κ2) is 8.77. The topological polar surface area (TPSA) is 71.4 Å². The van der Waals surface area contributed by atoms with Crippen LogP contribution in [0.1, 0.15) is 30.5 Å². The van der Waals surface area contributed by atoms with Crippen molar-refractivity contribution in [1.82, 2.24) is 9.91 Å². The van der Waals surface area contributed by atoms with Crippen molar-refractivity contribution in [3.8, 4) is 11.5 Å². The Labute approximate surface area is 170 Å². The lowest BCUT2D eigenvalue weighted by Gasteiger charge is -2.24. The second-order valence-corrected chi connectivity index (χ2v) is 6.86. The number of carbonyl (C=O) groups excluding carboxylic acids is 2. The van der Waals surface area contributed by atoms with Gasteiger partial charge in [-0.25, -0.2) is 5.01 Å². The molecule has 0 aliphatic carbocycles. The third kappa shape index (κ3) is 4.39. The van der Waals surface area contributed by atoms with E-state index in [1.165, 1.54) is 16.8 Å². The fraction of sp³-hybridized carbons (Fsp3) is 0.318. The van der Waals surface area contributed by atoms with Crippen molar-refractivity contribution >= 4 is 17.5 Å². The van der Waals surface area contributed by atoms with Crippen LogP contribution in [-0.4, -0.2) is 55.2 Å². The molecule has 0 saturated carbocycles. The molecule has 0 saturated heterocycles. The number of benzene rings is 2. The molecule has 0 aromatic heterocycles. The molecule has 3 rings (SSSR count). The van der Waals surface area contributed by atoms with E-state index >= 15 is 0 Å². The summed E-state index contributed by atoms with van der Waals surface area (Å²) in [5, 5.41) is 6.11. The zero-order valence-corrected chi connectivity index (χ0v) is 17.1. The Hall–Kier alpha value is -3.35. The number of likely N-dealkylation sites (N-methyl/N-ethyl adjacent to an activating group) is 1. The van der Waals surface area contributed by atoms with Gasteiger partial charge in [0.05, 0.1) is 26.0 Å². The normalized spacial score (nSPS) is 15.7. The van der Waals surface area contributed by atoms with Crippen molar-refractivity contribution in [1.29, 1.82) is 0 Å². The van der Waals surface area contributed by atoms with Crippen LogP contribution in [-0.2, 0) is 9.59 Å². The average Bonchev–Trinajstić information content (AvgIpc) is 3.19. The van der Waals surface area contributed by atoms with Crippen LogP contribution in [0.15, 0.2) is 53.6 Å². The van der Waals surface area contributed by atoms with Gasteiger partial charge in [-0.05, 0) is 17.7 Å². The fourth-order valence-corrected chi connectivity index (χ4v) is 3.26. The number of amides is 2. The molecule has 0 fully saturated rings. The maximum Gasteiger partial charge on any atom is 0.262 e. The monoisotopic (exact) mass is 395 g/mol. The first-order chi connectivity index (χ1) is 13.9. The highest BCUT2D eigenvalue weighted by molar-refractivity contribution is 6.05. The zero-order valence-electron chi connectivity index (χ0n) is 17.1. The van der Waals surface area contributed by atoms with Crippen molar-refractivity contribution < 1.29 is 19.1 Å². The SMILES string of the molecule is COc1ccc(C2=NN(C(=O)CN(C)C(C)=O)[C@H](c3ccccc3)C2)c(OC)c1. The van der Waals surface area contributed by atoms with Gasteiger partial charge in [0.15, 0.2) is 0 Å². The minimum absolute atomic E-state index is 0.0325. The van der Waals surface area contributed by atoms with E-state index in [4.69, 9.17) is 9.47 Å². The summed E-state index contributed by atoms with van der Waals surface area (Å²) in [4.78, 5) is 25.9. The Morgan fingerprint density at radius 1 is 1.14 bits per heavy atom. The molecule has 1 atom stereocenters. The van der Waals surface area contributed by atoms with Crippen LogP contribution in [0.2, 0.25) is 0 Å². The van der Waals surface area contributed by atoms with Crippen LogP contribution in [0.4, 0.5) is 0 Å². The van der Waals surface area contributed by atoms with E-state index in [9.17, 15) is 9.59 Å². The molecular weight excluding hydrogens is 370 g/mol. The van der Waals surface area contributed by atoms with Gasteiger partial charge in [-0.15, -0.1) is 0 Å². The van der Waals surface area contributed by atoms with Gasteiger partial charge < -0.3 is 14.4 Å². The third-order valence-electron chi connectivity index (χ3n) is 4.98. The average molecular weight is 395 g/mol. The number of rotatable bonds is 6. The number of methoxy groups -OCH3 is 2. The lowest BCUT2D eigenvalue weighted by Crippen LogP contribution is -2.38. The van der Waals surface area contributed by atoms with Crippen LogP contribution >= 0.6 is 0 Å². The minimum Gasteiger partial charge on any atom is -0.497 e. The molecule has 2 amide bonds. The first kappa shape index (κ1) is 20.4. The molecule has 1 aliphatic rings. The number of nitrogens with zero attached hydrogens (tertiary/aromatic N) is 3.